The van der Waals surface area contributed by atoms with Crippen molar-refractivity contribution in [1.29, 1.82) is 0 Å². The molecule has 0 bridgehead atoms. The lowest BCUT2D eigenvalue weighted by Crippen LogP contribution is -2.43. The summed E-state index contributed by atoms with van der Waals surface area (Å²) in [6, 6.07) is 20.5. The van der Waals surface area contributed by atoms with Crippen LogP contribution in [0.15, 0.2) is 89.1 Å². The first-order chi connectivity index (χ1) is 14.7. The van der Waals surface area contributed by atoms with E-state index in [1.54, 1.807) is 6.07 Å². The summed E-state index contributed by atoms with van der Waals surface area (Å²) in [5.74, 6) is 0.610. The average Bonchev–Trinajstić information content (AvgIpc) is 3.50. The first-order valence-corrected chi connectivity index (χ1v) is 10.5. The van der Waals surface area contributed by atoms with Gasteiger partial charge < -0.3 is 19.6 Å². The normalized spacial score (nSPS) is 14.8. The van der Waals surface area contributed by atoms with Crippen LogP contribution in [0.5, 0.6) is 11.5 Å². The van der Waals surface area contributed by atoms with Crippen LogP contribution in [0.25, 0.3) is 0 Å². The second-order valence-corrected chi connectivity index (χ2v) is 8.13. The number of fused-ring (bicyclic) bond motifs is 2. The summed E-state index contributed by atoms with van der Waals surface area (Å²) in [7, 11) is 0. The largest absolute Gasteiger partial charge is 0.472 e. The molecule has 150 valence electrons. The Morgan fingerprint density at radius 2 is 1.70 bits per heavy atom. The maximum absolute atomic E-state index is 13.4. The number of nitrogens with one attached hydrogen (secondary N) is 1. The molecule has 2 N–H and O–H groups in total. The van der Waals surface area contributed by atoms with Crippen LogP contribution in [0.2, 0.25) is 0 Å². The van der Waals surface area contributed by atoms with E-state index in [9.17, 15) is 9.90 Å². The highest BCUT2D eigenvalue weighted by molar-refractivity contribution is 7.10. The van der Waals surface area contributed by atoms with Crippen molar-refractivity contribution < 1.29 is 19.1 Å². The molecule has 5 nitrogen and oxygen atoms in total. The Labute approximate surface area is 177 Å². The van der Waals surface area contributed by atoms with Crippen LogP contribution in [0.1, 0.15) is 27.5 Å². The van der Waals surface area contributed by atoms with E-state index in [1.165, 1.54) is 23.9 Å². The van der Waals surface area contributed by atoms with E-state index in [0.29, 0.717) is 17.1 Å². The molecule has 0 spiro atoms. The minimum atomic E-state index is -1.37. The second-order valence-electron chi connectivity index (χ2n) is 7.18. The summed E-state index contributed by atoms with van der Waals surface area (Å²) < 4.78 is 11.2. The summed E-state index contributed by atoms with van der Waals surface area (Å²) in [6.45, 7) is 0.0214. The van der Waals surface area contributed by atoms with Crippen molar-refractivity contribution in [3.8, 4) is 11.5 Å². The number of carbonyl (C=O) groups is 1. The summed E-state index contributed by atoms with van der Waals surface area (Å²) in [5.41, 5.74) is 0.826. The molecule has 1 aliphatic rings. The Bertz CT molecular complexity index is 1090. The minimum Gasteiger partial charge on any atom is -0.472 e. The number of aliphatic hydroxyl groups is 1. The van der Waals surface area contributed by atoms with E-state index < -0.39 is 11.5 Å². The van der Waals surface area contributed by atoms with E-state index in [2.05, 4.69) is 5.32 Å². The van der Waals surface area contributed by atoms with Gasteiger partial charge >= 0.3 is 0 Å². The quantitative estimate of drug-likeness (QED) is 0.497. The topological polar surface area (TPSA) is 71.7 Å². The fraction of sp³-hybridized carbons (Fsp3) is 0.125. The summed E-state index contributed by atoms with van der Waals surface area (Å²) >= 11 is 1.43. The Hall–Kier alpha value is -3.35. The van der Waals surface area contributed by atoms with Crippen molar-refractivity contribution in [2.45, 2.75) is 11.5 Å². The first-order valence-electron chi connectivity index (χ1n) is 9.59. The lowest BCUT2D eigenvalue weighted by molar-refractivity contribution is -0.122. The zero-order valence-electron chi connectivity index (χ0n) is 15.9. The van der Waals surface area contributed by atoms with E-state index in [1.807, 2.05) is 66.0 Å². The number of carbonyl (C=O) groups excluding carboxylic acids is 1. The highest BCUT2D eigenvalue weighted by Crippen LogP contribution is 2.44. The number of para-hydroxylation sites is 2. The Morgan fingerprint density at radius 1 is 1.00 bits per heavy atom. The number of thiophene rings is 1. The second kappa shape index (κ2) is 7.48. The molecule has 3 heterocycles. The van der Waals surface area contributed by atoms with Gasteiger partial charge in [-0.2, -0.15) is 0 Å². The van der Waals surface area contributed by atoms with Gasteiger partial charge in [0.15, 0.2) is 0 Å². The highest BCUT2D eigenvalue weighted by Gasteiger charge is 2.37. The Morgan fingerprint density at radius 3 is 2.30 bits per heavy atom. The molecule has 0 saturated carbocycles. The predicted octanol–water partition coefficient (Wildman–Crippen LogP) is 4.63. The lowest BCUT2D eigenvalue weighted by atomic mass is 9.86. The first kappa shape index (κ1) is 18.7. The number of ether oxygens (including phenoxy) is 1. The zero-order chi connectivity index (χ0) is 20.6. The Balaban J connectivity index is 1.47. The van der Waals surface area contributed by atoms with E-state index in [4.69, 9.17) is 9.15 Å². The van der Waals surface area contributed by atoms with E-state index in [-0.39, 0.29) is 12.5 Å². The van der Waals surface area contributed by atoms with Gasteiger partial charge in [0.2, 0.25) is 5.91 Å². The van der Waals surface area contributed by atoms with Gasteiger partial charge in [-0.25, -0.2) is 0 Å². The molecule has 2 aromatic heterocycles. The molecule has 6 heteroatoms. The number of benzene rings is 2. The monoisotopic (exact) mass is 417 g/mol. The van der Waals surface area contributed by atoms with Crippen molar-refractivity contribution >= 4 is 17.2 Å². The van der Waals surface area contributed by atoms with Gasteiger partial charge in [0.05, 0.1) is 25.0 Å². The smallest absolute Gasteiger partial charge is 0.232 e. The van der Waals surface area contributed by atoms with Gasteiger partial charge in [-0.1, -0.05) is 42.5 Å². The van der Waals surface area contributed by atoms with Gasteiger partial charge in [-0.15, -0.1) is 11.3 Å². The minimum absolute atomic E-state index is 0.0214. The standard InChI is InChI=1S/C24H19NO4S/c26-23(25-15-24(27,16-11-12-28-14-16)21-10-5-13-30-21)22-17-6-1-3-8-19(17)29-20-9-4-2-7-18(20)22/h1-14,22,27H,15H2,(H,25,26)/t24-/m1/s1. The molecule has 0 unspecified atom stereocenters. The van der Waals surface area contributed by atoms with Crippen LogP contribution >= 0.6 is 11.3 Å². The van der Waals surface area contributed by atoms with Crippen LogP contribution in [0.4, 0.5) is 0 Å². The molecule has 30 heavy (non-hydrogen) atoms. The van der Waals surface area contributed by atoms with Crippen molar-refractivity contribution in [3.63, 3.8) is 0 Å². The molecule has 0 fully saturated rings. The SMILES string of the molecule is O=C(NC[C@@](O)(c1ccoc1)c1cccs1)C1c2ccccc2Oc2ccccc21. The Kier molecular flexibility index (Phi) is 4.65. The van der Waals surface area contributed by atoms with Crippen molar-refractivity contribution in [1.82, 2.24) is 5.32 Å². The molecule has 5 rings (SSSR count). The molecule has 2 aromatic carbocycles. The number of hydrogen-bond donors (Lipinski definition) is 2. The number of hydrogen-bond acceptors (Lipinski definition) is 5. The van der Waals surface area contributed by atoms with Gasteiger partial charge in [0.1, 0.15) is 17.1 Å². The van der Waals surface area contributed by atoms with Crippen LogP contribution in [-0.4, -0.2) is 17.6 Å². The van der Waals surface area contributed by atoms with Gasteiger partial charge in [-0.3, -0.25) is 4.79 Å². The molecular formula is C24H19NO4S. The van der Waals surface area contributed by atoms with Crippen LogP contribution in [0, 0.1) is 0 Å². The maximum atomic E-state index is 13.4. The summed E-state index contributed by atoms with van der Waals surface area (Å²) in [4.78, 5) is 14.1. The fourth-order valence-electron chi connectivity index (χ4n) is 3.85. The number of furan rings is 1. The molecule has 1 amide bonds. The molecule has 1 atom stereocenters. The zero-order valence-corrected chi connectivity index (χ0v) is 16.8. The summed E-state index contributed by atoms with van der Waals surface area (Å²) in [5, 5.41) is 16.3. The third-order valence-corrected chi connectivity index (χ3v) is 6.41. The van der Waals surface area contributed by atoms with Gasteiger partial charge in [0.25, 0.3) is 0 Å². The molecule has 4 aromatic rings. The van der Waals surface area contributed by atoms with E-state index in [0.717, 1.165) is 16.0 Å². The number of amides is 1. The predicted molar refractivity (Wildman–Crippen MR) is 114 cm³/mol. The highest BCUT2D eigenvalue weighted by atomic mass is 32.1. The van der Waals surface area contributed by atoms with Gasteiger partial charge in [-0.05, 0) is 29.6 Å². The third kappa shape index (κ3) is 3.10. The van der Waals surface area contributed by atoms with Crippen molar-refractivity contribution in [2.24, 2.45) is 0 Å². The lowest BCUT2D eigenvalue weighted by Gasteiger charge is -2.30. The fourth-order valence-corrected chi connectivity index (χ4v) is 4.70. The molecule has 1 aliphatic heterocycles. The van der Waals surface area contributed by atoms with Crippen LogP contribution < -0.4 is 10.1 Å². The third-order valence-electron chi connectivity index (χ3n) is 5.39. The van der Waals surface area contributed by atoms with Crippen LogP contribution in [-0.2, 0) is 10.4 Å². The molecular weight excluding hydrogens is 398 g/mol. The maximum Gasteiger partial charge on any atom is 0.232 e. The number of rotatable bonds is 5. The molecule has 0 saturated heterocycles. The van der Waals surface area contributed by atoms with Crippen molar-refractivity contribution in [2.75, 3.05) is 6.54 Å². The van der Waals surface area contributed by atoms with Crippen LogP contribution in [0.3, 0.4) is 0 Å². The van der Waals surface area contributed by atoms with E-state index >= 15 is 0 Å². The molecule has 0 aliphatic carbocycles. The molecule has 0 radical (unpaired) electrons. The average molecular weight is 417 g/mol. The summed E-state index contributed by atoms with van der Waals surface area (Å²) in [6.07, 6.45) is 3.02. The van der Waals surface area contributed by atoms with Gasteiger partial charge in [0, 0.05) is 21.6 Å². The van der Waals surface area contributed by atoms with Crippen molar-refractivity contribution in [3.05, 3.63) is 106 Å².